The Morgan fingerprint density at radius 1 is 0.417 bits per heavy atom. The molecule has 116 valence electrons. The third-order valence-corrected chi connectivity index (χ3v) is 0.625. The van der Waals surface area contributed by atoms with E-state index < -0.39 is 0 Å². The van der Waals surface area contributed by atoms with Crippen molar-refractivity contribution >= 4 is 0 Å². The zero-order chi connectivity index (χ0) is 16.5. The minimum atomic E-state index is 0. The van der Waals surface area contributed by atoms with Crippen molar-refractivity contribution in [3.8, 4) is 71.0 Å². The standard InChI is InChI=1S/2C7H3.2C3H3.4V/c2*1-3-5-7-6-4-2;2*1-3-2;;;;/h2*1H3;2*1H3;;;;/q4*-1;;;;. The van der Waals surface area contributed by atoms with Crippen LogP contribution in [0.25, 0.3) is 0 Å². The first-order valence-electron chi connectivity index (χ1n) is 5.00. The smallest absolute Gasteiger partial charge is 0 e. The monoisotopic (exact) mass is 456 g/mol. The molecule has 0 atom stereocenters. The van der Waals surface area contributed by atoms with E-state index in [0.29, 0.717) is 0 Å². The molecule has 0 rings (SSSR count). The van der Waals surface area contributed by atoms with Crippen LogP contribution in [0.15, 0.2) is 0 Å². The average molecular weight is 456 g/mol. The topological polar surface area (TPSA) is 0 Å². The molecule has 4 radical (unpaired) electrons. The van der Waals surface area contributed by atoms with Crippen LogP contribution in [0, 0.1) is 96.7 Å². The van der Waals surface area contributed by atoms with Gasteiger partial charge >= 0.3 is 0 Å². The van der Waals surface area contributed by atoms with E-state index in [1.54, 1.807) is 27.7 Å². The van der Waals surface area contributed by atoms with E-state index in [1.165, 1.54) is 0 Å². The van der Waals surface area contributed by atoms with Crippen LogP contribution in [-0.4, -0.2) is 0 Å². The molecule has 0 saturated heterocycles. The number of rotatable bonds is 0. The van der Waals surface area contributed by atoms with Crippen molar-refractivity contribution in [2.24, 2.45) is 0 Å². The second-order valence-corrected chi connectivity index (χ2v) is 2.00. The molecule has 0 aliphatic carbocycles. The van der Waals surface area contributed by atoms with Gasteiger partial charge in [-0.2, -0.15) is 0 Å². The van der Waals surface area contributed by atoms with E-state index in [-0.39, 0.29) is 74.2 Å². The molecule has 0 aliphatic heterocycles. The molecular formula is C20H12V4-4. The Morgan fingerprint density at radius 2 is 0.625 bits per heavy atom. The van der Waals surface area contributed by atoms with Crippen molar-refractivity contribution in [1.82, 2.24) is 0 Å². The van der Waals surface area contributed by atoms with Crippen LogP contribution >= 0.6 is 0 Å². The van der Waals surface area contributed by atoms with Crippen LogP contribution < -0.4 is 0 Å². The largest absolute Gasteiger partial charge is 0.694 e. The molecule has 0 aromatic heterocycles. The minimum Gasteiger partial charge on any atom is -0.694 e. The Bertz CT molecular complexity index is 569. The van der Waals surface area contributed by atoms with Crippen molar-refractivity contribution in [1.29, 1.82) is 0 Å². The molecule has 0 nitrogen and oxygen atoms in total. The maximum absolute atomic E-state index is 6.29. The summed E-state index contributed by atoms with van der Waals surface area (Å²) < 4.78 is 0. The molecule has 0 bridgehead atoms. The van der Waals surface area contributed by atoms with Crippen LogP contribution in [0.1, 0.15) is 27.7 Å². The van der Waals surface area contributed by atoms with Gasteiger partial charge in [-0.05, 0) is 39.5 Å². The molecule has 0 saturated carbocycles. The van der Waals surface area contributed by atoms with E-state index in [1.807, 2.05) is 23.7 Å². The average Bonchev–Trinajstić information content (AvgIpc) is 2.43. The molecule has 0 aromatic rings. The van der Waals surface area contributed by atoms with Crippen LogP contribution in [0.4, 0.5) is 0 Å². The zero-order valence-electron chi connectivity index (χ0n) is 13.8. The molecule has 0 spiro atoms. The summed E-state index contributed by atoms with van der Waals surface area (Å²) in [6, 6.07) is 0. The van der Waals surface area contributed by atoms with Crippen molar-refractivity contribution < 1.29 is 74.2 Å². The van der Waals surface area contributed by atoms with Gasteiger partial charge in [-0.1, -0.05) is 11.8 Å². The van der Waals surface area contributed by atoms with Crippen LogP contribution in [0.3, 0.4) is 0 Å². The van der Waals surface area contributed by atoms with Gasteiger partial charge in [0.2, 0.25) is 0 Å². The summed E-state index contributed by atoms with van der Waals surface area (Å²) in [6.07, 6.45) is 24.5. The van der Waals surface area contributed by atoms with E-state index in [4.69, 9.17) is 25.7 Å². The summed E-state index contributed by atoms with van der Waals surface area (Å²) in [5.41, 5.74) is 0. The van der Waals surface area contributed by atoms with Crippen LogP contribution in [-0.2, 0) is 74.2 Å². The maximum Gasteiger partial charge on any atom is 0 e. The fraction of sp³-hybridized carbons (Fsp3) is 0.200. The Hall–Kier alpha value is -1.18. The van der Waals surface area contributed by atoms with Gasteiger partial charge in [0, 0.05) is 74.2 Å². The second-order valence-electron chi connectivity index (χ2n) is 2.00. The first-order chi connectivity index (χ1) is 9.66. The summed E-state index contributed by atoms with van der Waals surface area (Å²) in [7, 11) is 0. The quantitative estimate of drug-likeness (QED) is 0.388. The number of hydrogen-bond donors (Lipinski definition) is 0. The molecule has 4 heteroatoms. The van der Waals surface area contributed by atoms with E-state index in [9.17, 15) is 0 Å². The van der Waals surface area contributed by atoms with Crippen LogP contribution in [0.2, 0.25) is 0 Å². The Morgan fingerprint density at radius 3 is 0.750 bits per heavy atom. The van der Waals surface area contributed by atoms with E-state index in [0.717, 1.165) is 0 Å². The fourth-order valence-corrected chi connectivity index (χ4v) is 0.250. The van der Waals surface area contributed by atoms with Crippen molar-refractivity contribution in [2.45, 2.75) is 27.7 Å². The van der Waals surface area contributed by atoms with Gasteiger partial charge in [0.15, 0.2) is 0 Å². The first-order valence-corrected chi connectivity index (χ1v) is 5.00. The second kappa shape index (κ2) is 80.8. The summed E-state index contributed by atoms with van der Waals surface area (Å²) in [5.74, 6) is 27.0. The first kappa shape index (κ1) is 49.5. The predicted molar refractivity (Wildman–Crippen MR) is 82.3 cm³/mol. The Labute approximate surface area is 197 Å². The fourth-order valence-electron chi connectivity index (χ4n) is 0.250. The number of hydrogen-bond acceptors (Lipinski definition) is 0. The van der Waals surface area contributed by atoms with Crippen molar-refractivity contribution in [3.63, 3.8) is 0 Å². The summed E-state index contributed by atoms with van der Waals surface area (Å²) >= 11 is 0. The molecular weight excluding hydrogens is 444 g/mol. The maximum atomic E-state index is 6.29. The molecule has 0 heterocycles. The van der Waals surface area contributed by atoms with Crippen molar-refractivity contribution in [3.05, 3.63) is 25.7 Å². The SMILES string of the molecule is [C-]#CC.[C-]#CC.[C-]#CC#CC#CC.[C-]#CC#CC#CC.[V].[V].[V].[V]. The molecule has 0 amide bonds. The third kappa shape index (κ3) is 176. The van der Waals surface area contributed by atoms with Crippen molar-refractivity contribution in [2.75, 3.05) is 0 Å². The Balaban J connectivity index is -0.0000000239. The third-order valence-electron chi connectivity index (χ3n) is 0.625. The van der Waals surface area contributed by atoms with Gasteiger partial charge in [-0.15, -0.1) is 11.8 Å². The van der Waals surface area contributed by atoms with Crippen LogP contribution in [0.5, 0.6) is 0 Å². The van der Waals surface area contributed by atoms with Gasteiger partial charge in [-0.3, -0.25) is 11.8 Å². The molecule has 0 aliphatic rings. The van der Waals surface area contributed by atoms with E-state index >= 15 is 0 Å². The van der Waals surface area contributed by atoms with Gasteiger partial charge in [0.05, 0.1) is 0 Å². The molecule has 0 fully saturated rings. The zero-order valence-corrected chi connectivity index (χ0v) is 19.4. The molecule has 24 heavy (non-hydrogen) atoms. The van der Waals surface area contributed by atoms with Gasteiger partial charge in [-0.25, -0.2) is 11.8 Å². The molecule has 0 N–H and O–H groups in total. The normalized spacial score (nSPS) is 2.67. The van der Waals surface area contributed by atoms with Gasteiger partial charge in [0.25, 0.3) is 0 Å². The van der Waals surface area contributed by atoms with E-state index in [2.05, 4.69) is 47.4 Å². The minimum absolute atomic E-state index is 0. The van der Waals surface area contributed by atoms with Gasteiger partial charge in [0.1, 0.15) is 0 Å². The summed E-state index contributed by atoms with van der Waals surface area (Å²) in [4.78, 5) is 0. The molecule has 0 aromatic carbocycles. The van der Waals surface area contributed by atoms with Gasteiger partial charge < -0.3 is 37.5 Å². The molecule has 0 unspecified atom stereocenters. The predicted octanol–water partition coefficient (Wildman–Crippen LogP) is 2.39. The Kier molecular flexibility index (Phi) is 167. The summed E-state index contributed by atoms with van der Waals surface area (Å²) in [6.45, 7) is 6.47. The summed E-state index contributed by atoms with van der Waals surface area (Å²) in [5, 5.41) is 0.